The highest BCUT2D eigenvalue weighted by Crippen LogP contribution is 2.27. The van der Waals surface area contributed by atoms with Crippen LogP contribution in [0.25, 0.3) is 0 Å². The lowest BCUT2D eigenvalue weighted by molar-refractivity contribution is -0.384. The predicted molar refractivity (Wildman–Crippen MR) is 75.2 cm³/mol. The summed E-state index contributed by atoms with van der Waals surface area (Å²) >= 11 is 17.6. The van der Waals surface area contributed by atoms with E-state index in [0.717, 1.165) is 5.56 Å². The van der Waals surface area contributed by atoms with Gasteiger partial charge in [0.25, 0.3) is 5.69 Å². The number of hydrogen-bond acceptors (Lipinski definition) is 3. The van der Waals surface area contributed by atoms with Gasteiger partial charge in [0.2, 0.25) is 0 Å². The van der Waals surface area contributed by atoms with E-state index in [1.165, 1.54) is 12.1 Å². The van der Waals surface area contributed by atoms with E-state index < -0.39 is 4.92 Å². The van der Waals surface area contributed by atoms with Crippen molar-refractivity contribution in [3.8, 4) is 0 Å². The zero-order chi connectivity index (χ0) is 14.0. The summed E-state index contributed by atoms with van der Waals surface area (Å²) in [6.45, 7) is 0. The molecule has 98 valence electrons. The zero-order valence-electron chi connectivity index (χ0n) is 9.44. The van der Waals surface area contributed by atoms with Gasteiger partial charge in [0, 0.05) is 18.6 Å². The van der Waals surface area contributed by atoms with E-state index in [2.05, 4.69) is 4.98 Å². The van der Waals surface area contributed by atoms with Crippen LogP contribution in [0.4, 0.5) is 5.69 Å². The molecule has 0 N–H and O–H groups in total. The smallest absolute Gasteiger partial charge is 0.258 e. The minimum atomic E-state index is -0.447. The van der Waals surface area contributed by atoms with Crippen LogP contribution in [0.3, 0.4) is 0 Å². The molecule has 4 nitrogen and oxygen atoms in total. The molecule has 1 aromatic heterocycles. The van der Waals surface area contributed by atoms with Crippen LogP contribution in [0.15, 0.2) is 30.3 Å². The van der Waals surface area contributed by atoms with Crippen molar-refractivity contribution in [1.82, 2.24) is 4.98 Å². The van der Waals surface area contributed by atoms with Gasteiger partial charge >= 0.3 is 0 Å². The second kappa shape index (κ2) is 5.74. The van der Waals surface area contributed by atoms with Gasteiger partial charge in [0.05, 0.1) is 9.95 Å². The minimum Gasteiger partial charge on any atom is -0.258 e. The molecule has 19 heavy (non-hydrogen) atoms. The van der Waals surface area contributed by atoms with Gasteiger partial charge in [-0.3, -0.25) is 10.1 Å². The Morgan fingerprint density at radius 2 is 1.74 bits per heavy atom. The number of non-ortho nitro benzene ring substituents is 1. The van der Waals surface area contributed by atoms with E-state index in [4.69, 9.17) is 34.8 Å². The highest BCUT2D eigenvalue weighted by atomic mass is 35.5. The van der Waals surface area contributed by atoms with E-state index in [9.17, 15) is 10.1 Å². The largest absolute Gasteiger partial charge is 0.269 e. The first-order valence-electron chi connectivity index (χ1n) is 5.21. The molecule has 0 saturated heterocycles. The van der Waals surface area contributed by atoms with Crippen molar-refractivity contribution in [2.75, 3.05) is 0 Å². The van der Waals surface area contributed by atoms with Gasteiger partial charge in [-0.2, -0.15) is 0 Å². The van der Waals surface area contributed by atoms with Gasteiger partial charge in [-0.1, -0.05) is 46.9 Å². The van der Waals surface area contributed by atoms with Crippen molar-refractivity contribution >= 4 is 40.5 Å². The Bertz CT molecular complexity index is 630. The van der Waals surface area contributed by atoms with Crippen molar-refractivity contribution in [2.45, 2.75) is 6.42 Å². The minimum absolute atomic E-state index is 0.0436. The number of nitro benzene ring substituents is 1. The second-order valence-corrected chi connectivity index (χ2v) is 4.93. The van der Waals surface area contributed by atoms with E-state index in [1.807, 2.05) is 0 Å². The summed E-state index contributed by atoms with van der Waals surface area (Å²) in [7, 11) is 0. The molecule has 0 spiro atoms. The molecule has 0 radical (unpaired) electrons. The molecule has 0 unspecified atom stereocenters. The molecular formula is C12H7Cl3N2O2. The molecule has 0 aliphatic carbocycles. The molecule has 0 bridgehead atoms. The Labute approximate surface area is 124 Å². The van der Waals surface area contributed by atoms with E-state index >= 15 is 0 Å². The van der Waals surface area contributed by atoms with E-state index in [0.29, 0.717) is 17.0 Å². The monoisotopic (exact) mass is 316 g/mol. The van der Waals surface area contributed by atoms with E-state index in [-0.39, 0.29) is 16.0 Å². The molecule has 2 rings (SSSR count). The van der Waals surface area contributed by atoms with Crippen LogP contribution in [0, 0.1) is 10.1 Å². The van der Waals surface area contributed by atoms with E-state index in [1.54, 1.807) is 18.2 Å². The van der Waals surface area contributed by atoms with Crippen LogP contribution in [-0.2, 0) is 6.42 Å². The molecule has 1 aromatic carbocycles. The molecule has 0 atom stereocenters. The van der Waals surface area contributed by atoms with Crippen LogP contribution >= 0.6 is 34.8 Å². The summed E-state index contributed by atoms with van der Waals surface area (Å²) in [6, 6.07) is 7.84. The van der Waals surface area contributed by atoms with Crippen molar-refractivity contribution in [1.29, 1.82) is 0 Å². The summed E-state index contributed by atoms with van der Waals surface area (Å²) in [5.74, 6) is 0. The quantitative estimate of drug-likeness (QED) is 0.474. The lowest BCUT2D eigenvalue weighted by Crippen LogP contribution is -1.94. The molecule has 1 heterocycles. The summed E-state index contributed by atoms with van der Waals surface area (Å²) in [5.41, 5.74) is 1.62. The number of nitro groups is 1. The summed E-state index contributed by atoms with van der Waals surface area (Å²) in [5, 5.41) is 11.3. The summed E-state index contributed by atoms with van der Waals surface area (Å²) in [4.78, 5) is 14.0. The van der Waals surface area contributed by atoms with Crippen molar-refractivity contribution in [3.05, 3.63) is 66.9 Å². The average Bonchev–Trinajstić information content (AvgIpc) is 2.36. The molecule has 2 aromatic rings. The first-order valence-corrected chi connectivity index (χ1v) is 6.34. The van der Waals surface area contributed by atoms with Gasteiger partial charge in [-0.05, 0) is 17.2 Å². The first-order chi connectivity index (χ1) is 8.97. The fourth-order valence-electron chi connectivity index (χ4n) is 1.56. The van der Waals surface area contributed by atoms with Gasteiger partial charge in [-0.15, -0.1) is 0 Å². The van der Waals surface area contributed by atoms with Crippen LogP contribution in [0.2, 0.25) is 15.3 Å². The zero-order valence-corrected chi connectivity index (χ0v) is 11.7. The first kappa shape index (κ1) is 14.1. The second-order valence-electron chi connectivity index (χ2n) is 3.81. The van der Waals surface area contributed by atoms with Crippen molar-refractivity contribution in [3.63, 3.8) is 0 Å². The number of halogens is 3. The van der Waals surface area contributed by atoms with Gasteiger partial charge in [-0.25, -0.2) is 4.98 Å². The number of rotatable bonds is 3. The summed E-state index contributed by atoms with van der Waals surface area (Å²) < 4.78 is 0. The predicted octanol–water partition coefficient (Wildman–Crippen LogP) is 4.54. The third-order valence-corrected chi connectivity index (χ3v) is 3.50. The fraction of sp³-hybridized carbons (Fsp3) is 0.0833. The number of nitrogens with zero attached hydrogens (tertiary/aromatic N) is 2. The molecular weight excluding hydrogens is 311 g/mol. The van der Waals surface area contributed by atoms with Crippen LogP contribution in [0.1, 0.15) is 11.1 Å². The Kier molecular flexibility index (Phi) is 4.24. The molecule has 0 saturated carbocycles. The molecule has 0 amide bonds. The number of aromatic nitrogens is 1. The maximum Gasteiger partial charge on any atom is 0.269 e. The normalized spacial score (nSPS) is 10.5. The highest BCUT2D eigenvalue weighted by molar-refractivity contribution is 6.42. The topological polar surface area (TPSA) is 56.0 Å². The van der Waals surface area contributed by atoms with Crippen LogP contribution < -0.4 is 0 Å². The van der Waals surface area contributed by atoms with Gasteiger partial charge in [0.1, 0.15) is 10.3 Å². The SMILES string of the molecule is O=[N+]([O-])c1ccc(Cc2cc(Cl)c(Cl)nc2Cl)cc1. The number of benzene rings is 1. The van der Waals surface area contributed by atoms with Crippen LogP contribution in [0.5, 0.6) is 0 Å². The highest BCUT2D eigenvalue weighted by Gasteiger charge is 2.10. The number of pyridine rings is 1. The van der Waals surface area contributed by atoms with Crippen LogP contribution in [-0.4, -0.2) is 9.91 Å². The molecule has 0 aliphatic heterocycles. The number of hydrogen-bond donors (Lipinski definition) is 0. The summed E-state index contributed by atoms with van der Waals surface area (Å²) in [6.07, 6.45) is 0.473. The molecule has 7 heteroatoms. The lowest BCUT2D eigenvalue weighted by atomic mass is 10.1. The lowest BCUT2D eigenvalue weighted by Gasteiger charge is -2.05. The van der Waals surface area contributed by atoms with Gasteiger partial charge < -0.3 is 0 Å². The molecule has 0 fully saturated rings. The Morgan fingerprint density at radius 1 is 1.11 bits per heavy atom. The standard InChI is InChI=1S/C12H7Cl3N2O2/c13-10-6-8(11(14)16-12(10)15)5-7-1-3-9(4-2-7)17(18)19/h1-4,6H,5H2. The Balaban J connectivity index is 2.26. The average molecular weight is 318 g/mol. The third-order valence-electron chi connectivity index (χ3n) is 2.50. The van der Waals surface area contributed by atoms with Gasteiger partial charge in [0.15, 0.2) is 0 Å². The fourth-order valence-corrected chi connectivity index (χ4v) is 2.13. The van der Waals surface area contributed by atoms with Crippen molar-refractivity contribution in [2.24, 2.45) is 0 Å². The molecule has 0 aliphatic rings. The maximum atomic E-state index is 10.5. The Hall–Kier alpha value is -1.36. The van der Waals surface area contributed by atoms with Crippen molar-refractivity contribution < 1.29 is 4.92 Å². The maximum absolute atomic E-state index is 10.5. The Morgan fingerprint density at radius 3 is 2.32 bits per heavy atom. The third kappa shape index (κ3) is 3.35.